The Labute approximate surface area is 114 Å². The molecule has 6 nitrogen and oxygen atoms in total. The predicted octanol–water partition coefficient (Wildman–Crippen LogP) is 2.95. The summed E-state index contributed by atoms with van der Waals surface area (Å²) in [7, 11) is 0. The van der Waals surface area contributed by atoms with Crippen LogP contribution in [0, 0.1) is 17.0 Å². The number of nitrogens with one attached hydrogen (secondary N) is 1. The summed E-state index contributed by atoms with van der Waals surface area (Å²) in [5.41, 5.74) is 5.76. The summed E-state index contributed by atoms with van der Waals surface area (Å²) in [6, 6.07) is 6.37. The van der Waals surface area contributed by atoms with Crippen molar-refractivity contribution in [3.05, 3.63) is 50.5 Å². The fraction of sp³-hybridized carbons (Fsp3) is 0.250. The molecule has 0 saturated heterocycles. The molecule has 1 aromatic carbocycles. The van der Waals surface area contributed by atoms with Crippen LogP contribution in [0.5, 0.6) is 0 Å². The lowest BCUT2D eigenvalue weighted by Crippen LogP contribution is -2.06. The van der Waals surface area contributed by atoms with E-state index in [2.05, 4.69) is 10.5 Å². The van der Waals surface area contributed by atoms with E-state index in [0.717, 1.165) is 17.0 Å². The summed E-state index contributed by atoms with van der Waals surface area (Å²) in [4.78, 5) is 20.9. The van der Waals surface area contributed by atoms with Crippen LogP contribution < -0.4 is 5.48 Å². The zero-order chi connectivity index (χ0) is 13.7. The molecule has 0 unspecified atom stereocenters. The molecule has 2 aromatic rings. The number of hydrogen-bond acceptors (Lipinski definition) is 6. The molecule has 0 aliphatic rings. The van der Waals surface area contributed by atoms with Crippen LogP contribution in [0.15, 0.2) is 29.8 Å². The minimum absolute atomic E-state index is 0.00327. The van der Waals surface area contributed by atoms with Gasteiger partial charge in [-0.3, -0.25) is 20.4 Å². The second-order valence-electron chi connectivity index (χ2n) is 3.84. The first-order valence-corrected chi connectivity index (χ1v) is 6.56. The van der Waals surface area contributed by atoms with E-state index in [0.29, 0.717) is 12.3 Å². The summed E-state index contributed by atoms with van der Waals surface area (Å²) in [5.74, 6) is 0. The first-order valence-electron chi connectivity index (χ1n) is 5.68. The zero-order valence-corrected chi connectivity index (χ0v) is 11.1. The molecular weight excluding hydrogens is 266 g/mol. The van der Waals surface area contributed by atoms with E-state index in [1.54, 1.807) is 35.0 Å². The number of benzene rings is 1. The van der Waals surface area contributed by atoms with Crippen LogP contribution in [0.3, 0.4) is 0 Å². The van der Waals surface area contributed by atoms with Crippen molar-refractivity contribution in [2.45, 2.75) is 13.3 Å². The fourth-order valence-corrected chi connectivity index (χ4v) is 2.32. The van der Waals surface area contributed by atoms with Gasteiger partial charge in [0.25, 0.3) is 5.69 Å². The number of rotatable bonds is 6. The average Bonchev–Trinajstić information content (AvgIpc) is 2.80. The molecule has 0 amide bonds. The van der Waals surface area contributed by atoms with Gasteiger partial charge in [0.2, 0.25) is 0 Å². The van der Waals surface area contributed by atoms with Gasteiger partial charge in [0, 0.05) is 17.4 Å². The van der Waals surface area contributed by atoms with Crippen LogP contribution in [0.2, 0.25) is 0 Å². The Morgan fingerprint density at radius 2 is 2.26 bits per heavy atom. The molecule has 2 rings (SSSR count). The molecule has 0 spiro atoms. The number of thiazole rings is 1. The zero-order valence-electron chi connectivity index (χ0n) is 10.3. The first-order chi connectivity index (χ1) is 9.18. The summed E-state index contributed by atoms with van der Waals surface area (Å²) < 4.78 is 0. The molecule has 19 heavy (non-hydrogen) atoms. The topological polar surface area (TPSA) is 77.3 Å². The Hall–Kier alpha value is -1.99. The van der Waals surface area contributed by atoms with Crippen molar-refractivity contribution in [1.82, 2.24) is 4.98 Å². The first kappa shape index (κ1) is 13.4. The van der Waals surface area contributed by atoms with Gasteiger partial charge < -0.3 is 0 Å². The van der Waals surface area contributed by atoms with E-state index in [9.17, 15) is 10.1 Å². The van der Waals surface area contributed by atoms with Crippen molar-refractivity contribution in [3.63, 3.8) is 0 Å². The maximum Gasteiger partial charge on any atom is 0.294 e. The van der Waals surface area contributed by atoms with Gasteiger partial charge in [-0.05, 0) is 13.0 Å². The molecule has 1 heterocycles. The third-order valence-corrected chi connectivity index (χ3v) is 3.55. The van der Waals surface area contributed by atoms with E-state index in [-0.39, 0.29) is 5.69 Å². The maximum absolute atomic E-state index is 10.8. The van der Waals surface area contributed by atoms with E-state index < -0.39 is 4.92 Å². The fourth-order valence-electron chi connectivity index (χ4n) is 1.56. The van der Waals surface area contributed by atoms with E-state index in [4.69, 9.17) is 4.84 Å². The van der Waals surface area contributed by atoms with Crippen molar-refractivity contribution in [3.8, 4) is 0 Å². The molecule has 0 atom stereocenters. The van der Waals surface area contributed by atoms with Gasteiger partial charge in [-0.15, -0.1) is 11.3 Å². The van der Waals surface area contributed by atoms with Gasteiger partial charge in [-0.25, -0.2) is 4.98 Å². The van der Waals surface area contributed by atoms with Crippen molar-refractivity contribution in [2.24, 2.45) is 0 Å². The van der Waals surface area contributed by atoms with Crippen molar-refractivity contribution >= 4 is 22.7 Å². The number of hydrogen-bond donors (Lipinski definition) is 1. The van der Waals surface area contributed by atoms with E-state index in [1.165, 1.54) is 6.07 Å². The second-order valence-corrected chi connectivity index (χ2v) is 4.78. The van der Waals surface area contributed by atoms with Crippen LogP contribution in [0.4, 0.5) is 11.4 Å². The van der Waals surface area contributed by atoms with Crippen molar-refractivity contribution in [1.29, 1.82) is 0 Å². The number of para-hydroxylation sites is 2. The normalized spacial score (nSPS) is 10.4. The quantitative estimate of drug-likeness (QED) is 0.499. The summed E-state index contributed by atoms with van der Waals surface area (Å²) in [6.07, 6.45) is 0.726. The van der Waals surface area contributed by atoms with Crippen molar-refractivity contribution in [2.75, 3.05) is 12.1 Å². The Bertz CT molecular complexity index is 571. The Kier molecular flexibility index (Phi) is 4.43. The van der Waals surface area contributed by atoms with Crippen LogP contribution in [-0.2, 0) is 11.3 Å². The third kappa shape index (κ3) is 3.49. The molecule has 0 saturated carbocycles. The van der Waals surface area contributed by atoms with Crippen molar-refractivity contribution < 1.29 is 9.76 Å². The van der Waals surface area contributed by atoms with E-state index in [1.807, 2.05) is 6.92 Å². The molecule has 1 N–H and O–H groups in total. The van der Waals surface area contributed by atoms with Crippen LogP contribution >= 0.6 is 11.3 Å². The van der Waals surface area contributed by atoms with Crippen LogP contribution in [0.25, 0.3) is 0 Å². The molecule has 0 fully saturated rings. The highest BCUT2D eigenvalue weighted by Crippen LogP contribution is 2.23. The lowest BCUT2D eigenvalue weighted by molar-refractivity contribution is -0.384. The largest absolute Gasteiger partial charge is 0.294 e. The minimum Gasteiger partial charge on any atom is -0.276 e. The van der Waals surface area contributed by atoms with Crippen LogP contribution in [0.1, 0.15) is 10.6 Å². The highest BCUT2D eigenvalue weighted by atomic mass is 32.1. The highest BCUT2D eigenvalue weighted by molar-refractivity contribution is 7.09. The van der Waals surface area contributed by atoms with Gasteiger partial charge in [-0.2, -0.15) is 0 Å². The van der Waals surface area contributed by atoms with Gasteiger partial charge >= 0.3 is 0 Å². The highest BCUT2D eigenvalue weighted by Gasteiger charge is 2.11. The molecule has 0 aliphatic heterocycles. The molecule has 1 aromatic heterocycles. The monoisotopic (exact) mass is 279 g/mol. The van der Waals surface area contributed by atoms with E-state index >= 15 is 0 Å². The summed E-state index contributed by atoms with van der Waals surface area (Å²) in [5, 5.41) is 10.8. The average molecular weight is 279 g/mol. The number of nitro benzene ring substituents is 1. The summed E-state index contributed by atoms with van der Waals surface area (Å²) in [6.45, 7) is 2.37. The molecule has 0 aliphatic carbocycles. The number of aryl methyl sites for hydroxylation is 1. The van der Waals surface area contributed by atoms with Gasteiger partial charge in [0.15, 0.2) is 0 Å². The van der Waals surface area contributed by atoms with Gasteiger partial charge in [0.05, 0.1) is 22.7 Å². The molecule has 0 bridgehead atoms. The lowest BCUT2D eigenvalue weighted by atomic mass is 10.3. The van der Waals surface area contributed by atoms with Crippen LogP contribution in [-0.4, -0.2) is 16.5 Å². The maximum atomic E-state index is 10.8. The van der Waals surface area contributed by atoms with Gasteiger partial charge in [-0.1, -0.05) is 12.1 Å². The Morgan fingerprint density at radius 3 is 2.95 bits per heavy atom. The molecule has 100 valence electrons. The third-order valence-electron chi connectivity index (χ3n) is 2.56. The predicted molar refractivity (Wildman–Crippen MR) is 73.2 cm³/mol. The molecular formula is C12H13N3O3S. The van der Waals surface area contributed by atoms with Gasteiger partial charge in [0.1, 0.15) is 5.69 Å². The number of aromatic nitrogens is 1. The minimum atomic E-state index is -0.445. The number of anilines is 1. The lowest BCUT2D eigenvalue weighted by Gasteiger charge is -2.06. The number of nitro groups is 1. The smallest absolute Gasteiger partial charge is 0.276 e. The SMILES string of the molecule is Cc1ncsc1CCONc1ccccc1[N+](=O)[O-]. The Morgan fingerprint density at radius 1 is 1.47 bits per heavy atom. The Balaban J connectivity index is 1.86. The summed E-state index contributed by atoms with van der Waals surface area (Å²) >= 11 is 1.58. The molecule has 7 heteroatoms. The standard InChI is InChI=1S/C12H13N3O3S/c1-9-12(19-8-13-9)6-7-18-14-10-4-2-3-5-11(10)15(16)17/h2-5,8,14H,6-7H2,1H3. The molecule has 0 radical (unpaired) electrons. The number of nitrogens with zero attached hydrogens (tertiary/aromatic N) is 2. The second kappa shape index (κ2) is 6.26.